The SMILES string of the molecule is [B]C([B])(O)CC(=C/C)/C(=C\C#C)CNC(=O)C(C)(C)N(CCOC)C(=O)c1cc2ccccc2o1. The van der Waals surface area contributed by atoms with Crippen LogP contribution in [-0.4, -0.2) is 75.3 Å². The number of nitrogens with one attached hydrogen (secondary N) is 1. The van der Waals surface area contributed by atoms with Gasteiger partial charge in [0.25, 0.3) is 5.91 Å². The Kier molecular flexibility index (Phi) is 9.58. The maximum atomic E-state index is 13.4. The number of allylic oxidation sites excluding steroid dienone is 2. The summed E-state index contributed by atoms with van der Waals surface area (Å²) >= 11 is 0. The smallest absolute Gasteiger partial charge is 0.290 e. The van der Waals surface area contributed by atoms with Crippen LogP contribution in [0.15, 0.2) is 58.0 Å². The molecule has 2 amide bonds. The average molecular weight is 472 g/mol. The molecular formula is C26H30B2N2O5. The third-order valence-electron chi connectivity index (χ3n) is 5.56. The lowest BCUT2D eigenvalue weighted by Gasteiger charge is -2.37. The van der Waals surface area contributed by atoms with Crippen LogP contribution in [0.2, 0.25) is 0 Å². The first-order valence-corrected chi connectivity index (χ1v) is 11.1. The van der Waals surface area contributed by atoms with Crippen LogP contribution in [0.4, 0.5) is 0 Å². The van der Waals surface area contributed by atoms with E-state index in [9.17, 15) is 14.7 Å². The molecule has 1 aromatic heterocycles. The molecule has 1 heterocycles. The molecule has 0 saturated heterocycles. The number of hydrogen-bond donors (Lipinski definition) is 2. The Morgan fingerprint density at radius 1 is 1.29 bits per heavy atom. The minimum atomic E-state index is -1.94. The quantitative estimate of drug-likeness (QED) is 0.298. The first-order chi connectivity index (χ1) is 16.4. The third kappa shape index (κ3) is 7.38. The molecule has 0 unspecified atom stereocenters. The van der Waals surface area contributed by atoms with Gasteiger partial charge in [0.15, 0.2) is 5.76 Å². The molecule has 0 atom stereocenters. The number of aliphatic hydroxyl groups is 1. The average Bonchev–Trinajstić information content (AvgIpc) is 3.24. The normalized spacial score (nSPS) is 12.9. The number of nitrogens with zero attached hydrogens (tertiary/aromatic N) is 1. The fourth-order valence-corrected chi connectivity index (χ4v) is 3.62. The number of rotatable bonds is 11. The van der Waals surface area contributed by atoms with Gasteiger partial charge in [0.2, 0.25) is 5.91 Å². The van der Waals surface area contributed by atoms with Gasteiger partial charge in [-0.15, -0.1) is 6.42 Å². The predicted molar refractivity (Wildman–Crippen MR) is 138 cm³/mol. The number of terminal acetylenes is 1. The van der Waals surface area contributed by atoms with E-state index in [0.29, 0.717) is 16.7 Å². The maximum absolute atomic E-state index is 13.4. The van der Waals surface area contributed by atoms with Crippen molar-refractivity contribution in [2.45, 2.75) is 38.1 Å². The van der Waals surface area contributed by atoms with Crippen LogP contribution in [-0.2, 0) is 9.53 Å². The van der Waals surface area contributed by atoms with Gasteiger partial charge in [0.1, 0.15) is 11.1 Å². The second-order valence-electron chi connectivity index (χ2n) is 8.66. The van der Waals surface area contributed by atoms with Crippen LogP contribution in [0, 0.1) is 12.3 Å². The highest BCUT2D eigenvalue weighted by atomic mass is 16.5. The maximum Gasteiger partial charge on any atom is 0.290 e. The van der Waals surface area contributed by atoms with Crippen molar-refractivity contribution >= 4 is 38.5 Å². The molecule has 2 rings (SSSR count). The molecule has 0 saturated carbocycles. The first-order valence-electron chi connectivity index (χ1n) is 11.1. The number of ether oxygens (including phenoxy) is 1. The molecule has 1 aromatic carbocycles. The number of benzene rings is 1. The van der Waals surface area contributed by atoms with Crippen LogP contribution in [0.5, 0.6) is 0 Å². The molecule has 2 aromatic rings. The number of furan rings is 1. The Balaban J connectivity index is 2.27. The molecule has 2 N–H and O–H groups in total. The summed E-state index contributed by atoms with van der Waals surface area (Å²) in [5, 5.41) is 11.5. The van der Waals surface area contributed by atoms with E-state index in [2.05, 4.69) is 11.2 Å². The number of fused-ring (bicyclic) bond motifs is 1. The first kappa shape index (κ1) is 28.0. The third-order valence-corrected chi connectivity index (χ3v) is 5.56. The Bertz CT molecular complexity index is 1120. The van der Waals surface area contributed by atoms with Gasteiger partial charge >= 0.3 is 0 Å². The van der Waals surface area contributed by atoms with Crippen molar-refractivity contribution in [2.24, 2.45) is 0 Å². The lowest BCUT2D eigenvalue weighted by atomic mass is 9.62. The highest BCUT2D eigenvalue weighted by Gasteiger charge is 2.39. The number of hydrogen-bond acceptors (Lipinski definition) is 5. The Morgan fingerprint density at radius 3 is 2.54 bits per heavy atom. The van der Waals surface area contributed by atoms with Crippen molar-refractivity contribution in [1.29, 1.82) is 0 Å². The van der Waals surface area contributed by atoms with E-state index in [1.54, 1.807) is 39.0 Å². The van der Waals surface area contributed by atoms with Gasteiger partial charge in [-0.2, -0.15) is 0 Å². The number of carbonyl (C=O) groups excluding carboxylic acids is 2. The molecule has 0 aliphatic rings. The molecule has 0 aliphatic heterocycles. The van der Waals surface area contributed by atoms with E-state index < -0.39 is 22.8 Å². The van der Waals surface area contributed by atoms with Gasteiger partial charge < -0.3 is 24.5 Å². The summed E-state index contributed by atoms with van der Waals surface area (Å²) in [4.78, 5) is 28.1. The molecule has 0 aliphatic carbocycles. The predicted octanol–water partition coefficient (Wildman–Crippen LogP) is 2.30. The Morgan fingerprint density at radius 2 is 1.97 bits per heavy atom. The number of carbonyl (C=O) groups is 2. The second kappa shape index (κ2) is 12.0. The molecule has 35 heavy (non-hydrogen) atoms. The summed E-state index contributed by atoms with van der Waals surface area (Å²) in [6, 6.07) is 8.93. The highest BCUT2D eigenvalue weighted by molar-refractivity contribution is 6.38. The van der Waals surface area contributed by atoms with Crippen molar-refractivity contribution in [2.75, 3.05) is 26.8 Å². The fourth-order valence-electron chi connectivity index (χ4n) is 3.62. The lowest BCUT2D eigenvalue weighted by Crippen LogP contribution is -2.58. The number of para-hydroxylation sites is 1. The highest BCUT2D eigenvalue weighted by Crippen LogP contribution is 2.24. The zero-order valence-electron chi connectivity index (χ0n) is 20.6. The van der Waals surface area contributed by atoms with Crippen molar-refractivity contribution in [3.05, 3.63) is 59.4 Å². The van der Waals surface area contributed by atoms with Crippen molar-refractivity contribution in [3.8, 4) is 12.3 Å². The molecular weight excluding hydrogens is 442 g/mol. The summed E-state index contributed by atoms with van der Waals surface area (Å²) < 4.78 is 10.9. The lowest BCUT2D eigenvalue weighted by molar-refractivity contribution is -0.130. The van der Waals surface area contributed by atoms with Crippen molar-refractivity contribution in [1.82, 2.24) is 10.2 Å². The number of amides is 2. The Hall–Kier alpha value is -3.21. The van der Waals surface area contributed by atoms with Crippen molar-refractivity contribution < 1.29 is 23.8 Å². The minimum Gasteiger partial charge on any atom is -0.451 e. The van der Waals surface area contributed by atoms with Gasteiger partial charge in [-0.3, -0.25) is 9.59 Å². The minimum absolute atomic E-state index is 0.0408. The van der Waals surface area contributed by atoms with Gasteiger partial charge in [-0.25, -0.2) is 0 Å². The topological polar surface area (TPSA) is 92.0 Å². The zero-order chi connectivity index (χ0) is 26.2. The second-order valence-corrected chi connectivity index (χ2v) is 8.66. The Labute approximate surface area is 209 Å². The monoisotopic (exact) mass is 472 g/mol. The summed E-state index contributed by atoms with van der Waals surface area (Å²) in [6.45, 7) is 5.44. The van der Waals surface area contributed by atoms with Gasteiger partial charge in [-0.05, 0) is 61.9 Å². The van der Waals surface area contributed by atoms with Crippen LogP contribution >= 0.6 is 0 Å². The summed E-state index contributed by atoms with van der Waals surface area (Å²) in [7, 11) is 12.6. The molecule has 9 heteroatoms. The van der Waals surface area contributed by atoms with Crippen LogP contribution < -0.4 is 5.32 Å². The molecule has 4 radical (unpaired) electrons. The van der Waals surface area contributed by atoms with Crippen LogP contribution in [0.1, 0.15) is 37.7 Å². The molecule has 7 nitrogen and oxygen atoms in total. The van der Waals surface area contributed by atoms with E-state index in [-0.39, 0.29) is 31.9 Å². The standard InChI is InChI=1S/C26H30B2N2O5/c1-6-10-20(18(7-2)16-26(27,28)33)17-29-24(32)25(3,4)30(13-14-34-5)23(31)22-15-19-11-8-9-12-21(19)35-22/h1,7-12,15,33H,13-14,16-17H2,2-5H3,(H,29,32)/b18-7-,20-10-. The van der Waals surface area contributed by atoms with Gasteiger partial charge in [0, 0.05) is 25.6 Å². The van der Waals surface area contributed by atoms with E-state index in [4.69, 9.17) is 31.3 Å². The number of methoxy groups -OCH3 is 1. The van der Waals surface area contributed by atoms with Gasteiger partial charge in [0.05, 0.1) is 22.3 Å². The van der Waals surface area contributed by atoms with E-state index in [1.165, 1.54) is 18.1 Å². The summed E-state index contributed by atoms with van der Waals surface area (Å²) in [6.07, 6.45) is 8.56. The summed E-state index contributed by atoms with van der Waals surface area (Å²) in [5.41, 5.74) is 0.449. The van der Waals surface area contributed by atoms with Crippen LogP contribution in [0.25, 0.3) is 11.0 Å². The van der Waals surface area contributed by atoms with Gasteiger partial charge in [-0.1, -0.05) is 30.2 Å². The summed E-state index contributed by atoms with van der Waals surface area (Å²) in [5.74, 6) is 1.68. The van der Waals surface area contributed by atoms with E-state index >= 15 is 0 Å². The molecule has 0 bridgehead atoms. The zero-order valence-corrected chi connectivity index (χ0v) is 20.6. The molecule has 180 valence electrons. The fraction of sp³-hybridized carbons (Fsp3) is 0.385. The van der Waals surface area contributed by atoms with E-state index in [1.807, 2.05) is 18.2 Å². The largest absolute Gasteiger partial charge is 0.451 e. The van der Waals surface area contributed by atoms with Crippen molar-refractivity contribution in [3.63, 3.8) is 0 Å². The molecule has 0 spiro atoms. The van der Waals surface area contributed by atoms with Crippen LogP contribution in [0.3, 0.4) is 0 Å². The molecule has 0 fully saturated rings. The van der Waals surface area contributed by atoms with E-state index in [0.717, 1.165) is 5.39 Å².